The minimum Gasteiger partial charge on any atom is -0.378 e. The van der Waals surface area contributed by atoms with Gasteiger partial charge in [-0.05, 0) is 19.9 Å². The van der Waals surface area contributed by atoms with Gasteiger partial charge in [0.05, 0.1) is 0 Å². The van der Waals surface area contributed by atoms with Crippen LogP contribution in [0.2, 0.25) is 0 Å². The van der Waals surface area contributed by atoms with Gasteiger partial charge in [0, 0.05) is 51.2 Å². The second-order valence-corrected chi connectivity index (χ2v) is 4.03. The molecule has 1 saturated heterocycles. The molecule has 0 aromatic heterocycles. The molecule has 1 heterocycles. The van der Waals surface area contributed by atoms with Crippen LogP contribution in [-0.4, -0.2) is 49.6 Å². The van der Waals surface area contributed by atoms with Gasteiger partial charge in [-0.3, -0.25) is 0 Å². The van der Waals surface area contributed by atoms with E-state index >= 15 is 0 Å². The van der Waals surface area contributed by atoms with Crippen LogP contribution in [0.1, 0.15) is 13.8 Å². The molecule has 0 saturated carbocycles. The van der Waals surface area contributed by atoms with Crippen LogP contribution in [0.15, 0.2) is 24.0 Å². The highest BCUT2D eigenvalue weighted by Crippen LogP contribution is 2.09. The summed E-state index contributed by atoms with van der Waals surface area (Å²) in [5.41, 5.74) is 2.41. The summed E-state index contributed by atoms with van der Waals surface area (Å²) in [5.74, 6) is 0. The smallest absolute Gasteiger partial charge is 0.0311 e. The highest BCUT2D eigenvalue weighted by atomic mass is 15.2. The first kappa shape index (κ1) is 12.1. The monoisotopic (exact) mass is 209 g/mol. The zero-order chi connectivity index (χ0) is 11.3. The van der Waals surface area contributed by atoms with Gasteiger partial charge >= 0.3 is 0 Å². The molecule has 0 aromatic rings. The van der Waals surface area contributed by atoms with Crippen molar-refractivity contribution >= 4 is 0 Å². The predicted molar refractivity (Wildman–Crippen MR) is 65.6 cm³/mol. The Balaban J connectivity index is 2.52. The van der Waals surface area contributed by atoms with Gasteiger partial charge in [0.1, 0.15) is 0 Å². The van der Waals surface area contributed by atoms with E-state index in [2.05, 4.69) is 48.7 Å². The molecule has 3 nitrogen and oxygen atoms in total. The number of nitrogens with one attached hydrogen (secondary N) is 1. The Hall–Kier alpha value is -0.960. The zero-order valence-corrected chi connectivity index (χ0v) is 10.2. The molecule has 1 N–H and O–H groups in total. The van der Waals surface area contributed by atoms with Crippen LogP contribution in [0, 0.1) is 0 Å². The van der Waals surface area contributed by atoms with E-state index < -0.39 is 0 Å². The summed E-state index contributed by atoms with van der Waals surface area (Å²) in [7, 11) is 2.11. The van der Waals surface area contributed by atoms with Crippen molar-refractivity contribution in [1.29, 1.82) is 0 Å². The third kappa shape index (κ3) is 3.59. The summed E-state index contributed by atoms with van der Waals surface area (Å²) in [6, 6.07) is 0. The van der Waals surface area contributed by atoms with E-state index in [0.29, 0.717) is 0 Å². The Morgan fingerprint density at radius 3 is 2.60 bits per heavy atom. The van der Waals surface area contributed by atoms with Crippen LogP contribution in [0.5, 0.6) is 0 Å². The number of allylic oxidation sites excluding steroid dienone is 2. The van der Waals surface area contributed by atoms with Crippen LogP contribution < -0.4 is 5.32 Å². The van der Waals surface area contributed by atoms with E-state index in [1.165, 1.54) is 5.70 Å². The lowest BCUT2D eigenvalue weighted by Crippen LogP contribution is -2.42. The van der Waals surface area contributed by atoms with Crippen LogP contribution in [0.3, 0.4) is 0 Å². The average molecular weight is 209 g/mol. The van der Waals surface area contributed by atoms with Gasteiger partial charge in [-0.15, -0.1) is 0 Å². The van der Waals surface area contributed by atoms with Gasteiger partial charge in [0.2, 0.25) is 0 Å². The number of hydrogen-bond acceptors (Lipinski definition) is 3. The van der Waals surface area contributed by atoms with Crippen LogP contribution in [-0.2, 0) is 0 Å². The normalized spacial score (nSPS) is 17.8. The van der Waals surface area contributed by atoms with E-state index in [-0.39, 0.29) is 0 Å². The zero-order valence-electron chi connectivity index (χ0n) is 10.2. The van der Waals surface area contributed by atoms with E-state index in [0.717, 1.165) is 38.4 Å². The van der Waals surface area contributed by atoms with Crippen LogP contribution in [0.25, 0.3) is 0 Å². The van der Waals surface area contributed by atoms with Crippen molar-refractivity contribution in [3.8, 4) is 0 Å². The molecule has 3 heteroatoms. The molecule has 0 aliphatic carbocycles. The molecule has 0 radical (unpaired) electrons. The lowest BCUT2D eigenvalue weighted by molar-refractivity contribution is 0.306. The lowest BCUT2D eigenvalue weighted by Gasteiger charge is -2.30. The molecule has 15 heavy (non-hydrogen) atoms. The Bertz CT molecular complexity index is 239. The van der Waals surface area contributed by atoms with Crippen LogP contribution >= 0.6 is 0 Å². The van der Waals surface area contributed by atoms with E-state index in [1.807, 2.05) is 0 Å². The summed E-state index contributed by atoms with van der Waals surface area (Å²) in [6.07, 6.45) is 2.18. The first-order chi connectivity index (χ1) is 7.15. The number of rotatable bonds is 4. The van der Waals surface area contributed by atoms with Gasteiger partial charge in [-0.2, -0.15) is 0 Å². The maximum absolute atomic E-state index is 4.13. The predicted octanol–water partition coefficient (Wildman–Crippen LogP) is 1.26. The maximum atomic E-state index is 4.13. The molecule has 1 fully saturated rings. The highest BCUT2D eigenvalue weighted by Gasteiger charge is 2.09. The molecule has 0 spiro atoms. The SMILES string of the molecule is C=C(/C=C(/C)N(C)CC)N1CCNCC1. The standard InChI is InChI=1S/C12H23N3/c1-5-14(4)11(2)10-12(3)15-8-6-13-7-9-15/h10,13H,3,5-9H2,1-2,4H3/b11-10-. The fraction of sp³-hybridized carbons (Fsp3) is 0.667. The Labute approximate surface area is 93.4 Å². The fourth-order valence-corrected chi connectivity index (χ4v) is 1.64. The third-order valence-electron chi connectivity index (χ3n) is 2.98. The fourth-order valence-electron chi connectivity index (χ4n) is 1.64. The van der Waals surface area contributed by atoms with Crippen molar-refractivity contribution in [3.63, 3.8) is 0 Å². The number of nitrogens with zero attached hydrogens (tertiary/aromatic N) is 2. The molecule has 0 atom stereocenters. The van der Waals surface area contributed by atoms with E-state index in [1.54, 1.807) is 0 Å². The molecule has 1 aliphatic heterocycles. The second kappa shape index (κ2) is 5.81. The molecule has 0 unspecified atom stereocenters. The van der Waals surface area contributed by atoms with Gasteiger partial charge < -0.3 is 15.1 Å². The van der Waals surface area contributed by atoms with Crippen molar-refractivity contribution in [2.45, 2.75) is 13.8 Å². The lowest BCUT2D eigenvalue weighted by atomic mass is 10.2. The summed E-state index contributed by atoms with van der Waals surface area (Å²) < 4.78 is 0. The van der Waals surface area contributed by atoms with E-state index in [9.17, 15) is 0 Å². The minimum absolute atomic E-state index is 1.04. The highest BCUT2D eigenvalue weighted by molar-refractivity contribution is 5.18. The molecule has 86 valence electrons. The number of piperazine rings is 1. The van der Waals surface area contributed by atoms with Gasteiger partial charge in [-0.1, -0.05) is 6.58 Å². The maximum Gasteiger partial charge on any atom is 0.0311 e. The third-order valence-corrected chi connectivity index (χ3v) is 2.98. The molecule has 0 aromatic carbocycles. The largest absolute Gasteiger partial charge is 0.378 e. The minimum atomic E-state index is 1.04. The summed E-state index contributed by atoms with van der Waals surface area (Å²) >= 11 is 0. The second-order valence-electron chi connectivity index (χ2n) is 4.03. The van der Waals surface area contributed by atoms with Gasteiger partial charge in [-0.25, -0.2) is 0 Å². The van der Waals surface area contributed by atoms with Gasteiger partial charge in [0.25, 0.3) is 0 Å². The topological polar surface area (TPSA) is 18.5 Å². The van der Waals surface area contributed by atoms with Crippen molar-refractivity contribution in [3.05, 3.63) is 24.0 Å². The quantitative estimate of drug-likeness (QED) is 0.703. The summed E-state index contributed by atoms with van der Waals surface area (Å²) in [6.45, 7) is 13.7. The van der Waals surface area contributed by atoms with Crippen molar-refractivity contribution in [2.75, 3.05) is 39.8 Å². The number of hydrogen-bond donors (Lipinski definition) is 1. The summed E-state index contributed by atoms with van der Waals surface area (Å²) in [5, 5.41) is 3.34. The molecular weight excluding hydrogens is 186 g/mol. The van der Waals surface area contributed by atoms with Crippen molar-refractivity contribution in [2.24, 2.45) is 0 Å². The van der Waals surface area contributed by atoms with Crippen molar-refractivity contribution < 1.29 is 0 Å². The summed E-state index contributed by atoms with van der Waals surface area (Å²) in [4.78, 5) is 4.57. The average Bonchev–Trinajstić information content (AvgIpc) is 2.29. The molecule has 0 amide bonds. The van der Waals surface area contributed by atoms with Crippen LogP contribution in [0.4, 0.5) is 0 Å². The Morgan fingerprint density at radius 2 is 2.07 bits per heavy atom. The molecule has 0 bridgehead atoms. The first-order valence-corrected chi connectivity index (χ1v) is 5.69. The van der Waals surface area contributed by atoms with Gasteiger partial charge in [0.15, 0.2) is 0 Å². The molecule has 1 rings (SSSR count). The first-order valence-electron chi connectivity index (χ1n) is 5.69. The van der Waals surface area contributed by atoms with Crippen molar-refractivity contribution in [1.82, 2.24) is 15.1 Å². The molecular formula is C12H23N3. The Morgan fingerprint density at radius 1 is 1.47 bits per heavy atom. The molecule has 1 aliphatic rings. The Kier molecular flexibility index (Phi) is 4.69. The van der Waals surface area contributed by atoms with E-state index in [4.69, 9.17) is 0 Å².